The number of amides is 1. The molecule has 0 N–H and O–H groups in total. The molecule has 2 aliphatic carbocycles. The van der Waals surface area contributed by atoms with Crippen molar-refractivity contribution in [2.75, 3.05) is 6.54 Å². The van der Waals surface area contributed by atoms with E-state index in [1.54, 1.807) is 18.5 Å². The Kier molecular flexibility index (Phi) is 4.25. The van der Waals surface area contributed by atoms with Gasteiger partial charge < -0.3 is 4.90 Å². The molecule has 0 unspecified atom stereocenters. The van der Waals surface area contributed by atoms with Crippen molar-refractivity contribution in [3.63, 3.8) is 0 Å². The van der Waals surface area contributed by atoms with Crippen LogP contribution in [0.4, 0.5) is 0 Å². The van der Waals surface area contributed by atoms with Crippen molar-refractivity contribution < 1.29 is 4.79 Å². The molecule has 3 rings (SSSR count). The number of hydrogen-bond donors (Lipinski definition) is 0. The molecule has 1 aromatic rings. The van der Waals surface area contributed by atoms with E-state index in [1.807, 2.05) is 0 Å². The Balaban J connectivity index is 1.73. The standard InChI is InChI=1S/C16H21ClN2O/c17-15-8-9-18-10-14(15)16(20)19(13-6-7-13)11-12-4-2-1-3-5-12/h8-10,12-13H,1-7,11H2. The van der Waals surface area contributed by atoms with Gasteiger partial charge in [0.1, 0.15) is 0 Å². The lowest BCUT2D eigenvalue weighted by molar-refractivity contribution is 0.0698. The molecule has 0 bridgehead atoms. The summed E-state index contributed by atoms with van der Waals surface area (Å²) in [5.74, 6) is 0.736. The summed E-state index contributed by atoms with van der Waals surface area (Å²) in [4.78, 5) is 18.8. The molecular formula is C16H21ClN2O. The quantitative estimate of drug-likeness (QED) is 0.843. The zero-order chi connectivity index (χ0) is 13.9. The summed E-state index contributed by atoms with van der Waals surface area (Å²) in [5.41, 5.74) is 0.553. The summed E-state index contributed by atoms with van der Waals surface area (Å²) in [6.07, 6.45) is 12.0. The number of pyridine rings is 1. The van der Waals surface area contributed by atoms with Crippen LogP contribution < -0.4 is 0 Å². The summed E-state index contributed by atoms with van der Waals surface area (Å²) < 4.78 is 0. The highest BCUT2D eigenvalue weighted by Crippen LogP contribution is 2.33. The first-order chi connectivity index (χ1) is 9.75. The second-order valence-corrected chi connectivity index (χ2v) is 6.46. The fourth-order valence-electron chi connectivity index (χ4n) is 3.12. The van der Waals surface area contributed by atoms with Gasteiger partial charge in [0.25, 0.3) is 5.91 Å². The number of hydrogen-bond acceptors (Lipinski definition) is 2. The molecule has 0 aromatic carbocycles. The largest absolute Gasteiger partial charge is 0.335 e. The molecule has 108 valence electrons. The summed E-state index contributed by atoms with van der Waals surface area (Å²) >= 11 is 6.14. The van der Waals surface area contributed by atoms with Crippen molar-refractivity contribution >= 4 is 17.5 Å². The van der Waals surface area contributed by atoms with Crippen LogP contribution in [-0.4, -0.2) is 28.4 Å². The van der Waals surface area contributed by atoms with Gasteiger partial charge in [-0.15, -0.1) is 0 Å². The van der Waals surface area contributed by atoms with Crippen LogP contribution in [0, 0.1) is 5.92 Å². The summed E-state index contributed by atoms with van der Waals surface area (Å²) in [6, 6.07) is 2.13. The fourth-order valence-corrected chi connectivity index (χ4v) is 3.31. The average Bonchev–Trinajstić information content (AvgIpc) is 3.30. The molecule has 2 fully saturated rings. The first kappa shape index (κ1) is 13.9. The van der Waals surface area contributed by atoms with E-state index >= 15 is 0 Å². The van der Waals surface area contributed by atoms with Crippen molar-refractivity contribution in [1.29, 1.82) is 0 Å². The predicted molar refractivity (Wildman–Crippen MR) is 79.9 cm³/mol. The summed E-state index contributed by atoms with van der Waals surface area (Å²) in [7, 11) is 0. The summed E-state index contributed by atoms with van der Waals surface area (Å²) in [6.45, 7) is 0.898. The lowest BCUT2D eigenvalue weighted by Gasteiger charge is -2.30. The first-order valence-corrected chi connectivity index (χ1v) is 8.04. The third kappa shape index (κ3) is 3.14. The Morgan fingerprint density at radius 3 is 2.65 bits per heavy atom. The van der Waals surface area contributed by atoms with Crippen molar-refractivity contribution in [2.45, 2.75) is 51.0 Å². The van der Waals surface area contributed by atoms with E-state index in [9.17, 15) is 4.79 Å². The molecule has 2 saturated carbocycles. The van der Waals surface area contributed by atoms with Crippen LogP contribution in [0.5, 0.6) is 0 Å². The van der Waals surface area contributed by atoms with E-state index in [1.165, 1.54) is 32.1 Å². The first-order valence-electron chi connectivity index (χ1n) is 7.66. The minimum absolute atomic E-state index is 0.0659. The van der Waals surface area contributed by atoms with Crippen LogP contribution in [0.2, 0.25) is 5.02 Å². The maximum Gasteiger partial charge on any atom is 0.257 e. The van der Waals surface area contributed by atoms with Crippen molar-refractivity contribution in [2.24, 2.45) is 5.92 Å². The third-order valence-corrected chi connectivity index (χ3v) is 4.76. The van der Waals surface area contributed by atoms with E-state index in [-0.39, 0.29) is 5.91 Å². The highest BCUT2D eigenvalue weighted by atomic mass is 35.5. The van der Waals surface area contributed by atoms with Crippen molar-refractivity contribution in [1.82, 2.24) is 9.88 Å². The molecule has 0 saturated heterocycles. The van der Waals surface area contributed by atoms with Crippen LogP contribution in [-0.2, 0) is 0 Å². The number of carbonyl (C=O) groups excluding carboxylic acids is 1. The molecule has 20 heavy (non-hydrogen) atoms. The Labute approximate surface area is 125 Å². The Hall–Kier alpha value is -1.09. The lowest BCUT2D eigenvalue weighted by atomic mass is 9.89. The smallest absolute Gasteiger partial charge is 0.257 e. The van der Waals surface area contributed by atoms with E-state index in [0.717, 1.165) is 19.4 Å². The molecular weight excluding hydrogens is 272 g/mol. The third-order valence-electron chi connectivity index (χ3n) is 4.43. The van der Waals surface area contributed by atoms with Crippen LogP contribution in [0.1, 0.15) is 55.3 Å². The van der Waals surface area contributed by atoms with E-state index in [2.05, 4.69) is 9.88 Å². The molecule has 4 heteroatoms. The SMILES string of the molecule is O=C(c1cnccc1Cl)N(CC1CCCCC1)C1CC1. The Morgan fingerprint density at radius 2 is 2.00 bits per heavy atom. The van der Waals surface area contributed by atoms with E-state index in [0.29, 0.717) is 22.5 Å². The second-order valence-electron chi connectivity index (χ2n) is 6.05. The van der Waals surface area contributed by atoms with Crippen LogP contribution in [0.3, 0.4) is 0 Å². The minimum Gasteiger partial charge on any atom is -0.335 e. The zero-order valence-electron chi connectivity index (χ0n) is 11.7. The van der Waals surface area contributed by atoms with Gasteiger partial charge in [-0.25, -0.2) is 0 Å². The number of aromatic nitrogens is 1. The van der Waals surface area contributed by atoms with Gasteiger partial charge >= 0.3 is 0 Å². The van der Waals surface area contributed by atoms with Crippen LogP contribution in [0.15, 0.2) is 18.5 Å². The minimum atomic E-state index is 0.0659. The highest BCUT2D eigenvalue weighted by molar-refractivity contribution is 6.33. The fraction of sp³-hybridized carbons (Fsp3) is 0.625. The second kappa shape index (κ2) is 6.13. The van der Waals surface area contributed by atoms with Crippen molar-refractivity contribution in [3.8, 4) is 0 Å². The molecule has 2 aliphatic rings. The predicted octanol–water partition coefficient (Wildman–Crippen LogP) is 3.92. The highest BCUT2D eigenvalue weighted by Gasteiger charge is 2.35. The van der Waals surface area contributed by atoms with Gasteiger partial charge in [0.15, 0.2) is 0 Å². The average molecular weight is 293 g/mol. The number of halogens is 1. The number of nitrogens with zero attached hydrogens (tertiary/aromatic N) is 2. The maximum atomic E-state index is 12.7. The Morgan fingerprint density at radius 1 is 1.25 bits per heavy atom. The van der Waals surface area contributed by atoms with Crippen LogP contribution >= 0.6 is 11.6 Å². The van der Waals surface area contributed by atoms with E-state index in [4.69, 9.17) is 11.6 Å². The zero-order valence-corrected chi connectivity index (χ0v) is 12.5. The Bertz CT molecular complexity index is 481. The molecule has 0 spiro atoms. The van der Waals surface area contributed by atoms with Gasteiger partial charge in [0.2, 0.25) is 0 Å². The number of carbonyl (C=O) groups is 1. The van der Waals surface area contributed by atoms with Gasteiger partial charge in [-0.05, 0) is 37.7 Å². The topological polar surface area (TPSA) is 33.2 Å². The molecule has 1 heterocycles. The van der Waals surface area contributed by atoms with Gasteiger partial charge in [0.05, 0.1) is 10.6 Å². The summed E-state index contributed by atoms with van der Waals surface area (Å²) in [5, 5.41) is 0.513. The molecule has 1 amide bonds. The van der Waals surface area contributed by atoms with E-state index < -0.39 is 0 Å². The van der Waals surface area contributed by atoms with Crippen molar-refractivity contribution in [3.05, 3.63) is 29.0 Å². The van der Waals surface area contributed by atoms with Crippen LogP contribution in [0.25, 0.3) is 0 Å². The van der Waals surface area contributed by atoms with Gasteiger partial charge in [0, 0.05) is 25.0 Å². The molecule has 0 aliphatic heterocycles. The molecule has 1 aromatic heterocycles. The van der Waals surface area contributed by atoms with Gasteiger partial charge in [-0.1, -0.05) is 30.9 Å². The molecule has 3 nitrogen and oxygen atoms in total. The molecule has 0 radical (unpaired) electrons. The lowest BCUT2D eigenvalue weighted by Crippen LogP contribution is -2.38. The van der Waals surface area contributed by atoms with Gasteiger partial charge in [-0.3, -0.25) is 9.78 Å². The monoisotopic (exact) mass is 292 g/mol. The normalized spacial score (nSPS) is 19.9. The van der Waals surface area contributed by atoms with Gasteiger partial charge in [-0.2, -0.15) is 0 Å². The molecule has 0 atom stereocenters. The maximum absolute atomic E-state index is 12.7. The number of rotatable bonds is 4.